The first-order chi connectivity index (χ1) is 8.00. The third-order valence-corrected chi connectivity index (χ3v) is 3.01. The predicted octanol–water partition coefficient (Wildman–Crippen LogP) is 4.58. The van der Waals surface area contributed by atoms with Crippen LogP contribution in [0.4, 0.5) is 0 Å². The van der Waals surface area contributed by atoms with Gasteiger partial charge in [0.2, 0.25) is 0 Å². The lowest BCUT2D eigenvalue weighted by atomic mass is 10.2. The van der Waals surface area contributed by atoms with Gasteiger partial charge in [0.25, 0.3) is 0 Å². The van der Waals surface area contributed by atoms with Crippen LogP contribution in [0.1, 0.15) is 26.2 Å². The van der Waals surface area contributed by atoms with E-state index in [4.69, 9.17) is 44.6 Å². The number of aliphatic hydroxyl groups is 1. The lowest BCUT2D eigenvalue weighted by Crippen LogP contribution is -2.02. The van der Waals surface area contributed by atoms with Gasteiger partial charge in [0.1, 0.15) is 0 Å². The van der Waals surface area contributed by atoms with Crippen molar-refractivity contribution in [1.82, 2.24) is 0 Å². The van der Waals surface area contributed by atoms with E-state index in [-0.39, 0.29) is 6.10 Å². The molecule has 1 atom stereocenters. The van der Waals surface area contributed by atoms with Crippen molar-refractivity contribution in [2.24, 2.45) is 0 Å². The lowest BCUT2D eigenvalue weighted by molar-refractivity contribution is 0.177. The molecular weight excluding hydrogens is 282 g/mol. The molecule has 1 aromatic rings. The molecule has 0 saturated heterocycles. The molecule has 0 spiro atoms. The Morgan fingerprint density at radius 2 is 1.76 bits per heavy atom. The number of rotatable bonds is 6. The van der Waals surface area contributed by atoms with Gasteiger partial charge in [-0.05, 0) is 38.3 Å². The first kappa shape index (κ1) is 14.9. The van der Waals surface area contributed by atoms with Crippen LogP contribution in [-0.4, -0.2) is 17.8 Å². The molecule has 17 heavy (non-hydrogen) atoms. The molecule has 1 unspecified atom stereocenters. The van der Waals surface area contributed by atoms with Gasteiger partial charge in [0.15, 0.2) is 5.75 Å². The van der Waals surface area contributed by atoms with Crippen LogP contribution < -0.4 is 4.74 Å². The molecule has 0 aliphatic rings. The third kappa shape index (κ3) is 5.35. The van der Waals surface area contributed by atoms with E-state index in [1.165, 1.54) is 0 Å². The van der Waals surface area contributed by atoms with Crippen LogP contribution in [0, 0.1) is 0 Å². The lowest BCUT2D eigenvalue weighted by Gasteiger charge is -2.10. The molecule has 2 nitrogen and oxygen atoms in total. The van der Waals surface area contributed by atoms with E-state index < -0.39 is 0 Å². The van der Waals surface area contributed by atoms with Gasteiger partial charge in [0.05, 0.1) is 22.8 Å². The van der Waals surface area contributed by atoms with Crippen molar-refractivity contribution in [2.75, 3.05) is 6.61 Å². The van der Waals surface area contributed by atoms with Crippen molar-refractivity contribution >= 4 is 34.8 Å². The van der Waals surface area contributed by atoms with E-state index in [1.807, 2.05) is 0 Å². The number of ether oxygens (including phenoxy) is 1. The number of hydrogen-bond donors (Lipinski definition) is 1. The quantitative estimate of drug-likeness (QED) is 0.779. The number of benzene rings is 1. The Bertz CT molecular complexity index is 344. The van der Waals surface area contributed by atoms with Gasteiger partial charge in [-0.15, -0.1) is 0 Å². The van der Waals surface area contributed by atoms with Crippen LogP contribution in [-0.2, 0) is 0 Å². The highest BCUT2D eigenvalue weighted by Gasteiger charge is 2.08. The molecule has 0 aromatic heterocycles. The average molecular weight is 298 g/mol. The zero-order chi connectivity index (χ0) is 12.8. The average Bonchev–Trinajstić information content (AvgIpc) is 2.20. The number of halogens is 3. The standard InChI is InChI=1S/C12H15Cl3O2/c1-8(16)4-2-3-5-17-12-10(14)6-9(13)7-11(12)15/h6-8,16H,2-5H2,1H3. The minimum Gasteiger partial charge on any atom is -0.490 e. The molecule has 0 bridgehead atoms. The minimum atomic E-state index is -0.266. The Kier molecular flexibility index (Phi) is 6.42. The van der Waals surface area contributed by atoms with E-state index in [1.54, 1.807) is 19.1 Å². The van der Waals surface area contributed by atoms with E-state index >= 15 is 0 Å². The van der Waals surface area contributed by atoms with E-state index in [2.05, 4.69) is 0 Å². The predicted molar refractivity (Wildman–Crippen MR) is 72.5 cm³/mol. The molecule has 1 aromatic carbocycles. The van der Waals surface area contributed by atoms with Crippen molar-refractivity contribution in [3.05, 3.63) is 27.2 Å². The van der Waals surface area contributed by atoms with Crippen LogP contribution in [0.25, 0.3) is 0 Å². The largest absolute Gasteiger partial charge is 0.490 e. The highest BCUT2D eigenvalue weighted by Crippen LogP contribution is 2.35. The van der Waals surface area contributed by atoms with Crippen molar-refractivity contribution < 1.29 is 9.84 Å². The van der Waals surface area contributed by atoms with Crippen molar-refractivity contribution in [2.45, 2.75) is 32.3 Å². The zero-order valence-electron chi connectivity index (χ0n) is 9.55. The maximum absolute atomic E-state index is 9.09. The summed E-state index contributed by atoms with van der Waals surface area (Å²) < 4.78 is 5.50. The fraction of sp³-hybridized carbons (Fsp3) is 0.500. The molecular formula is C12H15Cl3O2. The highest BCUT2D eigenvalue weighted by molar-refractivity contribution is 6.40. The second-order valence-corrected chi connectivity index (χ2v) is 5.14. The van der Waals surface area contributed by atoms with Gasteiger partial charge in [-0.2, -0.15) is 0 Å². The Labute approximate surface area is 116 Å². The molecule has 0 amide bonds. The fourth-order valence-corrected chi connectivity index (χ4v) is 2.31. The summed E-state index contributed by atoms with van der Waals surface area (Å²) in [5, 5.41) is 10.4. The highest BCUT2D eigenvalue weighted by atomic mass is 35.5. The number of aliphatic hydroxyl groups excluding tert-OH is 1. The topological polar surface area (TPSA) is 29.5 Å². The van der Waals surface area contributed by atoms with Gasteiger partial charge in [0, 0.05) is 5.02 Å². The molecule has 0 radical (unpaired) electrons. The van der Waals surface area contributed by atoms with Crippen LogP contribution >= 0.6 is 34.8 Å². The monoisotopic (exact) mass is 296 g/mol. The number of unbranched alkanes of at least 4 members (excludes halogenated alkanes) is 1. The SMILES string of the molecule is CC(O)CCCCOc1c(Cl)cc(Cl)cc1Cl. The Hall–Kier alpha value is -0.150. The van der Waals surface area contributed by atoms with Gasteiger partial charge in [-0.25, -0.2) is 0 Å². The summed E-state index contributed by atoms with van der Waals surface area (Å²) in [6, 6.07) is 3.19. The first-order valence-electron chi connectivity index (χ1n) is 5.46. The van der Waals surface area contributed by atoms with E-state index in [0.29, 0.717) is 27.4 Å². The molecule has 1 rings (SSSR count). The smallest absolute Gasteiger partial charge is 0.156 e. The normalized spacial score (nSPS) is 12.5. The molecule has 96 valence electrons. The summed E-state index contributed by atoms with van der Waals surface area (Å²) in [6.45, 7) is 2.29. The maximum Gasteiger partial charge on any atom is 0.156 e. The molecule has 0 heterocycles. The Morgan fingerprint density at radius 3 is 2.29 bits per heavy atom. The molecule has 0 fully saturated rings. The summed E-state index contributed by atoms with van der Waals surface area (Å²) in [6.07, 6.45) is 2.25. The van der Waals surface area contributed by atoms with Crippen LogP contribution in [0.5, 0.6) is 5.75 Å². The number of hydrogen-bond acceptors (Lipinski definition) is 2. The molecule has 1 N–H and O–H groups in total. The minimum absolute atomic E-state index is 0.266. The van der Waals surface area contributed by atoms with Gasteiger partial charge >= 0.3 is 0 Å². The molecule has 0 saturated carbocycles. The van der Waals surface area contributed by atoms with Gasteiger partial charge in [-0.3, -0.25) is 0 Å². The van der Waals surface area contributed by atoms with Gasteiger partial charge in [-0.1, -0.05) is 34.8 Å². The first-order valence-corrected chi connectivity index (χ1v) is 6.59. The van der Waals surface area contributed by atoms with E-state index in [9.17, 15) is 0 Å². The summed E-state index contributed by atoms with van der Waals surface area (Å²) in [7, 11) is 0. The summed E-state index contributed by atoms with van der Waals surface area (Å²) in [5.41, 5.74) is 0. The van der Waals surface area contributed by atoms with Crippen molar-refractivity contribution in [3.63, 3.8) is 0 Å². The molecule has 0 aliphatic carbocycles. The molecule has 0 aliphatic heterocycles. The molecule has 5 heteroatoms. The third-order valence-electron chi connectivity index (χ3n) is 2.23. The second-order valence-electron chi connectivity index (χ2n) is 3.89. The summed E-state index contributed by atoms with van der Waals surface area (Å²) in [5.74, 6) is 0.467. The summed E-state index contributed by atoms with van der Waals surface area (Å²) in [4.78, 5) is 0. The Balaban J connectivity index is 2.42. The van der Waals surface area contributed by atoms with E-state index in [0.717, 1.165) is 19.3 Å². The summed E-state index contributed by atoms with van der Waals surface area (Å²) >= 11 is 17.7. The fourth-order valence-electron chi connectivity index (χ4n) is 1.38. The maximum atomic E-state index is 9.09. The van der Waals surface area contributed by atoms with Gasteiger partial charge < -0.3 is 9.84 Å². The second kappa shape index (κ2) is 7.32. The zero-order valence-corrected chi connectivity index (χ0v) is 11.8. The van der Waals surface area contributed by atoms with Crippen LogP contribution in [0.15, 0.2) is 12.1 Å². The Morgan fingerprint density at radius 1 is 1.18 bits per heavy atom. The van der Waals surface area contributed by atoms with Crippen LogP contribution in [0.2, 0.25) is 15.1 Å². The van der Waals surface area contributed by atoms with Crippen LogP contribution in [0.3, 0.4) is 0 Å². The van der Waals surface area contributed by atoms with Crippen molar-refractivity contribution in [1.29, 1.82) is 0 Å². The van der Waals surface area contributed by atoms with Crippen molar-refractivity contribution in [3.8, 4) is 5.75 Å².